The maximum absolute atomic E-state index is 7.45. The molecule has 2 aromatic carbocycles. The summed E-state index contributed by atoms with van der Waals surface area (Å²) in [6.07, 6.45) is 5.19. The van der Waals surface area contributed by atoms with E-state index in [2.05, 4.69) is 31.2 Å². The molecule has 0 radical (unpaired) electrons. The molecule has 3 nitrogen and oxygen atoms in total. The molecule has 0 fully saturated rings. The number of ether oxygens (including phenoxy) is 1. The van der Waals surface area contributed by atoms with Crippen LogP contribution in [0, 0.1) is 5.41 Å². The number of hydrogen-bond donors (Lipinski definition) is 2. The molecule has 0 amide bonds. The maximum Gasteiger partial charge on any atom is 0.135 e. The Morgan fingerprint density at radius 3 is 2.52 bits per heavy atom. The van der Waals surface area contributed by atoms with Gasteiger partial charge in [0.15, 0.2) is 0 Å². The standard InChI is InChI=1S/C20H24N2O/c1-3-4-15(2)23-20-13-17(14-22)7-10-19(20)18-8-5-16(6-9-18)11-12-21/h4-10,13-14,22H,3,11-12,21H2,1-2H3/b15-4+,22-14?. The lowest BCUT2D eigenvalue weighted by Gasteiger charge is -2.13. The Labute approximate surface area is 138 Å². The Morgan fingerprint density at radius 1 is 1.17 bits per heavy atom. The van der Waals surface area contributed by atoms with E-state index in [9.17, 15) is 0 Å². The largest absolute Gasteiger partial charge is 0.462 e. The summed E-state index contributed by atoms with van der Waals surface area (Å²) in [6.45, 7) is 4.69. The molecule has 3 heteroatoms. The molecular formula is C20H24N2O. The monoisotopic (exact) mass is 308 g/mol. The lowest BCUT2D eigenvalue weighted by atomic mass is 10.0. The third-order valence-corrected chi connectivity index (χ3v) is 3.63. The van der Waals surface area contributed by atoms with Gasteiger partial charge in [0.1, 0.15) is 5.75 Å². The van der Waals surface area contributed by atoms with Gasteiger partial charge in [-0.1, -0.05) is 37.3 Å². The van der Waals surface area contributed by atoms with Crippen LogP contribution in [0.4, 0.5) is 0 Å². The predicted molar refractivity (Wildman–Crippen MR) is 97.2 cm³/mol. The summed E-state index contributed by atoms with van der Waals surface area (Å²) in [4.78, 5) is 0. The third kappa shape index (κ3) is 4.54. The minimum atomic E-state index is 0.656. The topological polar surface area (TPSA) is 59.1 Å². The van der Waals surface area contributed by atoms with Crippen molar-refractivity contribution in [3.05, 3.63) is 65.4 Å². The quantitative estimate of drug-likeness (QED) is 0.582. The number of nitrogens with two attached hydrogens (primary N) is 1. The van der Waals surface area contributed by atoms with Crippen LogP contribution in [0.3, 0.4) is 0 Å². The van der Waals surface area contributed by atoms with Crippen LogP contribution in [0.1, 0.15) is 31.4 Å². The zero-order valence-electron chi connectivity index (χ0n) is 13.8. The Balaban J connectivity index is 2.39. The molecule has 120 valence electrons. The molecule has 23 heavy (non-hydrogen) atoms. The van der Waals surface area contributed by atoms with Crippen molar-refractivity contribution in [2.24, 2.45) is 5.73 Å². The van der Waals surface area contributed by atoms with Gasteiger partial charge in [0.05, 0.1) is 5.76 Å². The van der Waals surface area contributed by atoms with Crippen molar-refractivity contribution in [2.75, 3.05) is 6.54 Å². The summed E-state index contributed by atoms with van der Waals surface area (Å²) in [5.41, 5.74) is 9.79. The highest BCUT2D eigenvalue weighted by molar-refractivity contribution is 5.81. The number of nitrogens with one attached hydrogen (secondary N) is 1. The first-order valence-corrected chi connectivity index (χ1v) is 7.96. The van der Waals surface area contributed by atoms with E-state index in [4.69, 9.17) is 15.9 Å². The fourth-order valence-electron chi connectivity index (χ4n) is 2.47. The van der Waals surface area contributed by atoms with Crippen LogP contribution >= 0.6 is 0 Å². The molecule has 2 rings (SSSR count). The van der Waals surface area contributed by atoms with Gasteiger partial charge in [-0.15, -0.1) is 0 Å². The highest BCUT2D eigenvalue weighted by atomic mass is 16.5. The number of hydrogen-bond acceptors (Lipinski definition) is 3. The van der Waals surface area contributed by atoms with Gasteiger partial charge in [-0.05, 0) is 61.2 Å². The average Bonchev–Trinajstić information content (AvgIpc) is 2.56. The van der Waals surface area contributed by atoms with E-state index in [1.54, 1.807) is 0 Å². The van der Waals surface area contributed by atoms with Crippen LogP contribution in [-0.2, 0) is 6.42 Å². The van der Waals surface area contributed by atoms with E-state index in [-0.39, 0.29) is 0 Å². The molecule has 0 atom stereocenters. The lowest BCUT2D eigenvalue weighted by Crippen LogP contribution is -2.02. The van der Waals surface area contributed by atoms with Crippen LogP contribution in [-0.4, -0.2) is 12.8 Å². The molecule has 0 aliphatic heterocycles. The van der Waals surface area contributed by atoms with E-state index < -0.39 is 0 Å². The summed E-state index contributed by atoms with van der Waals surface area (Å²) >= 11 is 0. The minimum absolute atomic E-state index is 0.656. The first-order valence-electron chi connectivity index (χ1n) is 7.96. The molecule has 0 aromatic heterocycles. The number of rotatable bonds is 7. The second-order valence-corrected chi connectivity index (χ2v) is 5.46. The third-order valence-electron chi connectivity index (χ3n) is 3.63. The molecule has 0 bridgehead atoms. The molecule has 0 saturated carbocycles. The highest BCUT2D eigenvalue weighted by Crippen LogP contribution is 2.32. The van der Waals surface area contributed by atoms with Gasteiger partial charge in [0, 0.05) is 11.8 Å². The molecule has 0 aliphatic rings. The van der Waals surface area contributed by atoms with Gasteiger partial charge in [-0.3, -0.25) is 0 Å². The van der Waals surface area contributed by atoms with E-state index in [0.29, 0.717) is 6.54 Å². The van der Waals surface area contributed by atoms with E-state index in [0.717, 1.165) is 41.0 Å². The minimum Gasteiger partial charge on any atom is -0.462 e. The van der Waals surface area contributed by atoms with Gasteiger partial charge < -0.3 is 15.9 Å². The van der Waals surface area contributed by atoms with E-state index >= 15 is 0 Å². The van der Waals surface area contributed by atoms with Crippen molar-refractivity contribution < 1.29 is 4.74 Å². The lowest BCUT2D eigenvalue weighted by molar-refractivity contribution is 0.427. The summed E-state index contributed by atoms with van der Waals surface area (Å²) in [7, 11) is 0. The van der Waals surface area contributed by atoms with Crippen molar-refractivity contribution in [2.45, 2.75) is 26.7 Å². The van der Waals surface area contributed by atoms with Gasteiger partial charge in [0.25, 0.3) is 0 Å². The second-order valence-electron chi connectivity index (χ2n) is 5.46. The van der Waals surface area contributed by atoms with Crippen molar-refractivity contribution in [1.82, 2.24) is 0 Å². The molecule has 2 aromatic rings. The SMILES string of the molecule is CC/C=C(\C)Oc1cc(C=N)ccc1-c1ccc(CCN)cc1. The highest BCUT2D eigenvalue weighted by Gasteiger charge is 2.08. The Bertz CT molecular complexity index is 687. The van der Waals surface area contributed by atoms with E-state index in [1.165, 1.54) is 11.8 Å². The van der Waals surface area contributed by atoms with Gasteiger partial charge in [0.2, 0.25) is 0 Å². The van der Waals surface area contributed by atoms with Gasteiger partial charge >= 0.3 is 0 Å². The zero-order valence-corrected chi connectivity index (χ0v) is 13.8. The van der Waals surface area contributed by atoms with E-state index in [1.807, 2.05) is 31.2 Å². The van der Waals surface area contributed by atoms with Crippen LogP contribution in [0.2, 0.25) is 0 Å². The fraction of sp³-hybridized carbons (Fsp3) is 0.250. The Kier molecular flexibility index (Phi) is 6.12. The predicted octanol–water partition coefficient (Wildman–Crippen LogP) is 4.55. The number of benzene rings is 2. The van der Waals surface area contributed by atoms with Crippen LogP contribution in [0.5, 0.6) is 5.75 Å². The normalized spacial score (nSPS) is 11.3. The van der Waals surface area contributed by atoms with Crippen LogP contribution in [0.25, 0.3) is 11.1 Å². The number of allylic oxidation sites excluding steroid dienone is 2. The molecule has 0 spiro atoms. The van der Waals surface area contributed by atoms with Crippen molar-refractivity contribution >= 4 is 6.21 Å². The molecule has 3 N–H and O–H groups in total. The molecule has 0 aliphatic carbocycles. The second kappa shape index (κ2) is 8.30. The molecule has 0 saturated heterocycles. The Morgan fingerprint density at radius 2 is 1.91 bits per heavy atom. The first-order chi connectivity index (χ1) is 11.2. The maximum atomic E-state index is 7.45. The Hall–Kier alpha value is -2.39. The van der Waals surface area contributed by atoms with Crippen LogP contribution in [0.15, 0.2) is 54.3 Å². The van der Waals surface area contributed by atoms with Crippen LogP contribution < -0.4 is 10.5 Å². The molecular weight excluding hydrogens is 284 g/mol. The van der Waals surface area contributed by atoms with Gasteiger partial charge in [-0.2, -0.15) is 0 Å². The van der Waals surface area contributed by atoms with Crippen molar-refractivity contribution in [3.63, 3.8) is 0 Å². The average molecular weight is 308 g/mol. The zero-order chi connectivity index (χ0) is 16.7. The summed E-state index contributed by atoms with van der Waals surface area (Å²) in [5, 5.41) is 7.45. The summed E-state index contributed by atoms with van der Waals surface area (Å²) in [5.74, 6) is 1.65. The smallest absolute Gasteiger partial charge is 0.135 e. The molecule has 0 unspecified atom stereocenters. The van der Waals surface area contributed by atoms with Crippen molar-refractivity contribution in [1.29, 1.82) is 5.41 Å². The summed E-state index contributed by atoms with van der Waals surface area (Å²) < 4.78 is 6.00. The van der Waals surface area contributed by atoms with Crippen molar-refractivity contribution in [3.8, 4) is 16.9 Å². The first kappa shape index (κ1) is 17.0. The molecule has 0 heterocycles. The summed E-state index contributed by atoms with van der Waals surface area (Å²) in [6, 6.07) is 14.2. The fourth-order valence-corrected chi connectivity index (χ4v) is 2.47. The van der Waals surface area contributed by atoms with Gasteiger partial charge in [-0.25, -0.2) is 0 Å².